The van der Waals surface area contributed by atoms with Crippen LogP contribution in [-0.4, -0.2) is 46.2 Å². The Morgan fingerprint density at radius 3 is 2.60 bits per heavy atom. The van der Waals surface area contributed by atoms with Crippen LogP contribution in [0.25, 0.3) is 0 Å². The van der Waals surface area contributed by atoms with Gasteiger partial charge in [0.1, 0.15) is 11.2 Å². The molecule has 1 aromatic carbocycles. The third kappa shape index (κ3) is 3.43. The highest BCUT2D eigenvalue weighted by Crippen LogP contribution is 2.35. The van der Waals surface area contributed by atoms with E-state index in [9.17, 15) is 24.2 Å². The Labute approximate surface area is 148 Å². The molecule has 3 rings (SSSR count). The molecule has 1 aromatic heterocycles. The summed E-state index contributed by atoms with van der Waals surface area (Å²) < 4.78 is 13.1. The van der Waals surface area contributed by atoms with Crippen LogP contribution in [0.4, 0.5) is 4.39 Å². The Hall–Kier alpha value is -2.25. The van der Waals surface area contributed by atoms with Gasteiger partial charge in [0.05, 0.1) is 11.7 Å². The number of amides is 1. The number of halogens is 1. The lowest BCUT2D eigenvalue weighted by Crippen LogP contribution is -2.58. The summed E-state index contributed by atoms with van der Waals surface area (Å²) in [5.41, 5.74) is -0.392. The zero-order valence-electron chi connectivity index (χ0n) is 13.4. The minimum Gasteiger partial charge on any atom is -0.481 e. The number of carboxylic acid groups (broad SMARTS) is 1. The van der Waals surface area contributed by atoms with Crippen LogP contribution >= 0.6 is 11.3 Å². The Kier molecular flexibility index (Phi) is 4.87. The van der Waals surface area contributed by atoms with Crippen LogP contribution in [0.3, 0.4) is 0 Å². The van der Waals surface area contributed by atoms with E-state index in [1.165, 1.54) is 40.5 Å². The quantitative estimate of drug-likeness (QED) is 0.874. The lowest BCUT2D eigenvalue weighted by Gasteiger charge is -2.43. The molecule has 0 aliphatic carbocycles. The number of hydrogen-bond acceptors (Lipinski definition) is 4. The van der Waals surface area contributed by atoms with E-state index in [-0.39, 0.29) is 25.3 Å². The maximum atomic E-state index is 13.1. The molecule has 1 aliphatic heterocycles. The molecule has 2 N–H and O–H groups in total. The number of piperidine rings is 1. The van der Waals surface area contributed by atoms with Gasteiger partial charge in [-0.1, -0.05) is 12.1 Å². The number of carbonyl (C=O) groups is 2. The molecule has 2 heterocycles. The highest BCUT2D eigenvalue weighted by molar-refractivity contribution is 7.08. The van der Waals surface area contributed by atoms with Crippen LogP contribution in [0.2, 0.25) is 0 Å². The number of carboxylic acids is 1. The third-order valence-electron chi connectivity index (χ3n) is 4.70. The SMILES string of the molecule is O=C(c1ccsc1)N1CC[C@H](O)[C@](Cc2ccc(F)cc2)(C(=O)O)C1. The predicted octanol–water partition coefficient (Wildman–Crippen LogP) is 2.41. The van der Waals surface area contributed by atoms with Crippen LogP contribution < -0.4 is 0 Å². The van der Waals surface area contributed by atoms with Crippen LogP contribution in [0, 0.1) is 11.2 Å². The lowest BCUT2D eigenvalue weighted by molar-refractivity contribution is -0.161. The van der Waals surface area contributed by atoms with Crippen LogP contribution in [0.15, 0.2) is 41.1 Å². The lowest BCUT2D eigenvalue weighted by atomic mass is 9.72. The number of aliphatic hydroxyl groups is 1. The smallest absolute Gasteiger partial charge is 0.314 e. The first-order chi connectivity index (χ1) is 11.9. The van der Waals surface area contributed by atoms with Gasteiger partial charge in [-0.2, -0.15) is 11.3 Å². The van der Waals surface area contributed by atoms with Crippen molar-refractivity contribution in [3.05, 3.63) is 58.0 Å². The average molecular weight is 363 g/mol. The van der Waals surface area contributed by atoms with Crippen LogP contribution in [0.5, 0.6) is 0 Å². The van der Waals surface area contributed by atoms with E-state index >= 15 is 0 Å². The molecule has 132 valence electrons. The second-order valence-corrected chi connectivity index (χ2v) is 7.09. The van der Waals surface area contributed by atoms with Crippen molar-refractivity contribution in [2.24, 2.45) is 5.41 Å². The summed E-state index contributed by atoms with van der Waals surface area (Å²) in [6, 6.07) is 7.22. The second-order valence-electron chi connectivity index (χ2n) is 6.31. The number of carbonyl (C=O) groups excluding carboxylic acids is 1. The fraction of sp³-hybridized carbons (Fsp3) is 0.333. The predicted molar refractivity (Wildman–Crippen MR) is 91.0 cm³/mol. The third-order valence-corrected chi connectivity index (χ3v) is 5.38. The highest BCUT2D eigenvalue weighted by atomic mass is 32.1. The normalized spacial score (nSPS) is 23.4. The largest absolute Gasteiger partial charge is 0.481 e. The molecule has 0 unspecified atom stereocenters. The molecule has 1 amide bonds. The van der Waals surface area contributed by atoms with E-state index in [4.69, 9.17) is 0 Å². The van der Waals surface area contributed by atoms with E-state index < -0.39 is 23.3 Å². The fourth-order valence-corrected chi connectivity index (χ4v) is 3.88. The summed E-state index contributed by atoms with van der Waals surface area (Å²) in [7, 11) is 0. The van der Waals surface area contributed by atoms with E-state index in [2.05, 4.69) is 0 Å². The molecule has 0 saturated carbocycles. The van der Waals surface area contributed by atoms with Gasteiger partial charge in [-0.25, -0.2) is 4.39 Å². The number of aliphatic carboxylic acids is 1. The second kappa shape index (κ2) is 6.93. The summed E-state index contributed by atoms with van der Waals surface area (Å²) in [5, 5.41) is 23.8. The first kappa shape index (κ1) is 17.6. The molecular weight excluding hydrogens is 345 g/mol. The van der Waals surface area contributed by atoms with Crippen molar-refractivity contribution >= 4 is 23.2 Å². The summed E-state index contributed by atoms with van der Waals surface area (Å²) in [5.74, 6) is -1.81. The number of benzene rings is 1. The van der Waals surface area contributed by atoms with Crippen molar-refractivity contribution in [2.75, 3.05) is 13.1 Å². The molecule has 1 saturated heterocycles. The van der Waals surface area contributed by atoms with Crippen molar-refractivity contribution in [2.45, 2.75) is 18.9 Å². The molecule has 2 aromatic rings. The van der Waals surface area contributed by atoms with Gasteiger partial charge in [0, 0.05) is 18.5 Å². The maximum Gasteiger partial charge on any atom is 0.314 e. The maximum absolute atomic E-state index is 13.1. The van der Waals surface area contributed by atoms with E-state index in [1.807, 2.05) is 0 Å². The first-order valence-electron chi connectivity index (χ1n) is 7.90. The molecule has 5 nitrogen and oxygen atoms in total. The first-order valence-corrected chi connectivity index (χ1v) is 8.84. The van der Waals surface area contributed by atoms with Crippen molar-refractivity contribution in [1.29, 1.82) is 0 Å². The number of rotatable bonds is 4. The molecular formula is C18H18FNO4S. The van der Waals surface area contributed by atoms with Gasteiger partial charge in [0.15, 0.2) is 0 Å². The minimum absolute atomic E-state index is 0.0250. The van der Waals surface area contributed by atoms with Gasteiger partial charge in [0.2, 0.25) is 0 Å². The van der Waals surface area contributed by atoms with Gasteiger partial charge in [-0.15, -0.1) is 0 Å². The van der Waals surface area contributed by atoms with E-state index in [0.717, 1.165) is 0 Å². The summed E-state index contributed by atoms with van der Waals surface area (Å²) in [4.78, 5) is 26.1. The number of aliphatic hydroxyl groups excluding tert-OH is 1. The Bertz CT molecular complexity index is 762. The molecule has 7 heteroatoms. The highest BCUT2D eigenvalue weighted by Gasteiger charge is 2.50. The van der Waals surface area contributed by atoms with Gasteiger partial charge >= 0.3 is 5.97 Å². The molecule has 25 heavy (non-hydrogen) atoms. The average Bonchev–Trinajstić information content (AvgIpc) is 3.12. The molecule has 2 atom stereocenters. The number of thiophene rings is 1. The van der Waals surface area contributed by atoms with Gasteiger partial charge in [-0.05, 0) is 42.0 Å². The molecule has 0 radical (unpaired) electrons. The Morgan fingerprint density at radius 2 is 2.00 bits per heavy atom. The number of nitrogens with zero attached hydrogens (tertiary/aromatic N) is 1. The monoisotopic (exact) mass is 363 g/mol. The van der Waals surface area contributed by atoms with Crippen molar-refractivity contribution in [3.63, 3.8) is 0 Å². The van der Waals surface area contributed by atoms with E-state index in [1.54, 1.807) is 16.8 Å². The fourth-order valence-electron chi connectivity index (χ4n) is 3.25. The zero-order chi connectivity index (χ0) is 18.0. The number of likely N-dealkylation sites (tertiary alicyclic amines) is 1. The summed E-state index contributed by atoms with van der Waals surface area (Å²) in [6.45, 7) is 0.212. The minimum atomic E-state index is -1.51. The Balaban J connectivity index is 1.88. The van der Waals surface area contributed by atoms with Crippen LogP contribution in [-0.2, 0) is 11.2 Å². The molecule has 0 bridgehead atoms. The topological polar surface area (TPSA) is 77.8 Å². The summed E-state index contributed by atoms with van der Waals surface area (Å²) in [6.07, 6.45) is -0.873. The zero-order valence-corrected chi connectivity index (χ0v) is 14.2. The van der Waals surface area contributed by atoms with Crippen LogP contribution in [0.1, 0.15) is 22.3 Å². The molecule has 1 fully saturated rings. The van der Waals surface area contributed by atoms with Gasteiger partial charge in [0.25, 0.3) is 5.91 Å². The number of hydrogen-bond donors (Lipinski definition) is 2. The standard InChI is InChI=1S/C18H18FNO4S/c19-14-3-1-12(2-4-14)9-18(17(23)24)11-20(7-5-15(18)21)16(22)13-6-8-25-10-13/h1-4,6,8,10,15,21H,5,7,9,11H2,(H,23,24)/t15-,18+/m0/s1. The van der Waals surface area contributed by atoms with E-state index in [0.29, 0.717) is 17.7 Å². The van der Waals surface area contributed by atoms with Crippen molar-refractivity contribution < 1.29 is 24.2 Å². The summed E-state index contributed by atoms with van der Waals surface area (Å²) >= 11 is 1.39. The van der Waals surface area contributed by atoms with Crippen molar-refractivity contribution in [3.8, 4) is 0 Å². The Morgan fingerprint density at radius 1 is 1.28 bits per heavy atom. The van der Waals surface area contributed by atoms with Gasteiger partial charge in [-0.3, -0.25) is 9.59 Å². The molecule has 1 aliphatic rings. The molecule has 0 spiro atoms. The van der Waals surface area contributed by atoms with Crippen molar-refractivity contribution in [1.82, 2.24) is 4.90 Å². The van der Waals surface area contributed by atoms with Gasteiger partial charge < -0.3 is 15.1 Å².